The molecule has 0 fully saturated rings. The molecule has 8 heteroatoms. The van der Waals surface area contributed by atoms with Crippen molar-refractivity contribution in [3.63, 3.8) is 0 Å². The Kier molecular flexibility index (Phi) is 8.56. The summed E-state index contributed by atoms with van der Waals surface area (Å²) in [6, 6.07) is 8.20. The largest absolute Gasteiger partial charge is 0.496 e. The van der Waals surface area contributed by atoms with E-state index in [1.807, 2.05) is 30.0 Å². The van der Waals surface area contributed by atoms with E-state index in [9.17, 15) is 4.79 Å². The number of rotatable bonds is 5. The van der Waals surface area contributed by atoms with Crippen LogP contribution in [-0.4, -0.2) is 44.0 Å². The van der Waals surface area contributed by atoms with Crippen molar-refractivity contribution in [3.05, 3.63) is 51.2 Å². The van der Waals surface area contributed by atoms with E-state index in [4.69, 9.17) is 4.74 Å². The zero-order valence-electron chi connectivity index (χ0n) is 16.4. The van der Waals surface area contributed by atoms with Gasteiger partial charge in [-0.05, 0) is 42.0 Å². The monoisotopic (exact) mass is 514 g/mol. The van der Waals surface area contributed by atoms with Gasteiger partial charge in [-0.25, -0.2) is 0 Å². The number of halogens is 1. The Morgan fingerprint density at radius 2 is 2.14 bits per heavy atom. The lowest BCUT2D eigenvalue weighted by Crippen LogP contribution is -2.45. The lowest BCUT2D eigenvalue weighted by molar-refractivity contribution is -0.130. The number of aryl methyl sites for hydroxylation is 1. The normalized spacial score (nSPS) is 13.4. The average Bonchev–Trinajstić information content (AvgIpc) is 3.16. The van der Waals surface area contributed by atoms with Crippen LogP contribution >= 0.6 is 35.3 Å². The summed E-state index contributed by atoms with van der Waals surface area (Å²) in [7, 11) is 3.37. The molecule has 0 aliphatic carbocycles. The number of aliphatic imine (C=N–C) groups is 1. The minimum atomic E-state index is 0. The second-order valence-electron chi connectivity index (χ2n) is 6.53. The lowest BCUT2D eigenvalue weighted by Gasteiger charge is -2.27. The molecular formula is C20H27IN4O2S. The van der Waals surface area contributed by atoms with Gasteiger partial charge >= 0.3 is 0 Å². The van der Waals surface area contributed by atoms with E-state index in [0.717, 1.165) is 29.8 Å². The molecule has 0 radical (unpaired) electrons. The van der Waals surface area contributed by atoms with E-state index in [2.05, 4.69) is 27.1 Å². The number of ether oxygens (including phenoxy) is 1. The van der Waals surface area contributed by atoms with Crippen molar-refractivity contribution in [3.8, 4) is 5.75 Å². The average molecular weight is 514 g/mol. The van der Waals surface area contributed by atoms with Gasteiger partial charge in [-0.3, -0.25) is 9.79 Å². The third-order valence-corrected chi connectivity index (χ3v) is 5.70. The van der Waals surface area contributed by atoms with Crippen molar-refractivity contribution in [1.29, 1.82) is 0 Å². The number of hydrogen-bond donors (Lipinski definition) is 2. The fourth-order valence-corrected chi connectivity index (χ4v) is 4.02. The van der Waals surface area contributed by atoms with Crippen LogP contribution in [0, 0.1) is 6.92 Å². The molecule has 2 N–H and O–H groups in total. The molecule has 3 rings (SSSR count). The number of hydrogen-bond acceptors (Lipinski definition) is 4. The lowest BCUT2D eigenvalue weighted by atomic mass is 10.1. The van der Waals surface area contributed by atoms with Crippen molar-refractivity contribution < 1.29 is 9.53 Å². The first-order valence-corrected chi connectivity index (χ1v) is 9.89. The Morgan fingerprint density at radius 3 is 2.89 bits per heavy atom. The van der Waals surface area contributed by atoms with Crippen LogP contribution < -0.4 is 15.4 Å². The van der Waals surface area contributed by atoms with Gasteiger partial charge in [-0.15, -0.1) is 35.3 Å². The van der Waals surface area contributed by atoms with Crippen molar-refractivity contribution in [1.82, 2.24) is 15.5 Å². The number of thiophene rings is 1. The molecule has 1 aromatic carbocycles. The minimum Gasteiger partial charge on any atom is -0.496 e. The van der Waals surface area contributed by atoms with Crippen LogP contribution in [0.25, 0.3) is 0 Å². The van der Waals surface area contributed by atoms with Gasteiger partial charge in [0.25, 0.3) is 0 Å². The highest BCUT2D eigenvalue weighted by Gasteiger charge is 2.21. The van der Waals surface area contributed by atoms with Crippen molar-refractivity contribution in [2.75, 3.05) is 27.2 Å². The first kappa shape index (κ1) is 22.5. The quantitative estimate of drug-likeness (QED) is 0.366. The fraction of sp³-hybridized carbons (Fsp3) is 0.400. The number of amides is 1. The molecule has 0 spiro atoms. The van der Waals surface area contributed by atoms with E-state index >= 15 is 0 Å². The summed E-state index contributed by atoms with van der Waals surface area (Å²) in [6.07, 6.45) is 0.943. The molecule has 0 atom stereocenters. The molecule has 2 aromatic rings. The molecule has 1 amide bonds. The van der Waals surface area contributed by atoms with Gasteiger partial charge in [0.2, 0.25) is 5.91 Å². The van der Waals surface area contributed by atoms with Gasteiger partial charge in [0.15, 0.2) is 5.96 Å². The van der Waals surface area contributed by atoms with Gasteiger partial charge in [-0.2, -0.15) is 0 Å². The van der Waals surface area contributed by atoms with Crippen molar-refractivity contribution in [2.24, 2.45) is 4.99 Å². The second-order valence-corrected chi connectivity index (χ2v) is 7.53. The van der Waals surface area contributed by atoms with Crippen molar-refractivity contribution in [2.45, 2.75) is 26.4 Å². The molecular weight excluding hydrogens is 487 g/mol. The maximum Gasteiger partial charge on any atom is 0.242 e. The summed E-state index contributed by atoms with van der Waals surface area (Å²) >= 11 is 1.78. The molecule has 1 aromatic heterocycles. The number of fused-ring (bicyclic) bond motifs is 1. The van der Waals surface area contributed by atoms with Gasteiger partial charge < -0.3 is 20.3 Å². The van der Waals surface area contributed by atoms with Gasteiger partial charge in [-0.1, -0.05) is 12.1 Å². The predicted molar refractivity (Wildman–Crippen MR) is 125 cm³/mol. The van der Waals surface area contributed by atoms with Gasteiger partial charge in [0.05, 0.1) is 13.7 Å². The minimum absolute atomic E-state index is 0. The summed E-state index contributed by atoms with van der Waals surface area (Å²) < 4.78 is 5.43. The molecule has 152 valence electrons. The summed E-state index contributed by atoms with van der Waals surface area (Å²) in [6.45, 7) is 4.31. The Morgan fingerprint density at radius 1 is 1.32 bits per heavy atom. The highest BCUT2D eigenvalue weighted by atomic mass is 127. The van der Waals surface area contributed by atoms with E-state index in [1.165, 1.54) is 10.4 Å². The standard InChI is InChI=1S/C20H26N4O2S.HI/c1-14-4-5-15(17(10-14)26-3)11-22-20(21-2)23-12-19(25)24-8-6-18-16(13-24)7-9-27-18;/h4-5,7,9-10H,6,8,11-13H2,1-3H3,(H2,21,22,23);1H. The Bertz CT molecular complexity index is 837. The fourth-order valence-electron chi connectivity index (χ4n) is 3.13. The first-order chi connectivity index (χ1) is 13.1. The molecule has 28 heavy (non-hydrogen) atoms. The maximum atomic E-state index is 12.5. The summed E-state index contributed by atoms with van der Waals surface area (Å²) in [4.78, 5) is 20.0. The van der Waals surface area contributed by atoms with Gasteiger partial charge in [0.1, 0.15) is 5.75 Å². The maximum absolute atomic E-state index is 12.5. The number of benzene rings is 1. The molecule has 6 nitrogen and oxygen atoms in total. The Hall–Kier alpha value is -1.81. The molecule has 0 unspecified atom stereocenters. The molecule has 0 bridgehead atoms. The number of nitrogens with one attached hydrogen (secondary N) is 2. The third kappa shape index (κ3) is 5.60. The SMILES string of the molecule is CN=C(NCC(=O)N1CCc2sccc2C1)NCc1ccc(C)cc1OC.I. The topological polar surface area (TPSA) is 66.0 Å². The van der Waals surface area contributed by atoms with E-state index in [0.29, 0.717) is 19.0 Å². The number of guanidine groups is 1. The molecule has 0 saturated carbocycles. The zero-order chi connectivity index (χ0) is 19.2. The van der Waals surface area contributed by atoms with Crippen LogP contribution in [0.1, 0.15) is 21.6 Å². The first-order valence-electron chi connectivity index (χ1n) is 9.01. The zero-order valence-corrected chi connectivity index (χ0v) is 19.6. The summed E-state index contributed by atoms with van der Waals surface area (Å²) in [5, 5.41) is 8.45. The van der Waals surface area contributed by atoms with Crippen LogP contribution in [0.3, 0.4) is 0 Å². The van der Waals surface area contributed by atoms with Crippen LogP contribution in [-0.2, 0) is 24.3 Å². The number of nitrogens with zero attached hydrogens (tertiary/aromatic N) is 2. The highest BCUT2D eigenvalue weighted by molar-refractivity contribution is 14.0. The van der Waals surface area contributed by atoms with Crippen molar-refractivity contribution >= 4 is 47.2 Å². The summed E-state index contributed by atoms with van der Waals surface area (Å²) in [5.41, 5.74) is 3.46. The smallest absolute Gasteiger partial charge is 0.242 e. The molecule has 1 aliphatic rings. The number of carbonyl (C=O) groups is 1. The number of methoxy groups -OCH3 is 1. The van der Waals surface area contributed by atoms with Gasteiger partial charge in [0, 0.05) is 37.1 Å². The summed E-state index contributed by atoms with van der Waals surface area (Å²) in [5.74, 6) is 1.52. The third-order valence-electron chi connectivity index (χ3n) is 4.68. The van der Waals surface area contributed by atoms with E-state index in [1.54, 1.807) is 25.5 Å². The van der Waals surface area contributed by atoms with Crippen LogP contribution in [0.4, 0.5) is 0 Å². The highest BCUT2D eigenvalue weighted by Crippen LogP contribution is 2.24. The molecule has 2 heterocycles. The predicted octanol–water partition coefficient (Wildman–Crippen LogP) is 2.93. The molecule has 1 aliphatic heterocycles. The van der Waals surface area contributed by atoms with Crippen LogP contribution in [0.2, 0.25) is 0 Å². The van der Waals surface area contributed by atoms with Crippen LogP contribution in [0.5, 0.6) is 5.75 Å². The Balaban J connectivity index is 0.00000280. The Labute approximate surface area is 187 Å². The van der Waals surface area contributed by atoms with Crippen LogP contribution in [0.15, 0.2) is 34.6 Å². The molecule has 0 saturated heterocycles. The van der Waals surface area contributed by atoms with E-state index in [-0.39, 0.29) is 36.4 Å². The van der Waals surface area contributed by atoms with E-state index < -0.39 is 0 Å². The number of carbonyl (C=O) groups excluding carboxylic acids is 1. The second kappa shape index (κ2) is 10.7.